The first-order chi connectivity index (χ1) is 15.3. The van der Waals surface area contributed by atoms with Crippen LogP contribution in [0.1, 0.15) is 34.4 Å². The van der Waals surface area contributed by atoms with Crippen molar-refractivity contribution in [3.8, 4) is 17.0 Å². The summed E-state index contributed by atoms with van der Waals surface area (Å²) in [6, 6.07) is 11.4. The van der Waals surface area contributed by atoms with E-state index in [1.54, 1.807) is 11.8 Å². The number of carbonyl (C=O) groups excluding carboxylic acids is 1. The van der Waals surface area contributed by atoms with Crippen molar-refractivity contribution in [2.75, 3.05) is 7.11 Å². The van der Waals surface area contributed by atoms with E-state index >= 15 is 0 Å². The van der Waals surface area contributed by atoms with E-state index in [1.165, 1.54) is 0 Å². The zero-order chi connectivity index (χ0) is 23.0. The number of fused-ring (bicyclic) bond motifs is 1. The third-order valence-corrected chi connectivity index (χ3v) is 5.53. The lowest BCUT2D eigenvalue weighted by atomic mass is 10.0. The molecular weight excluding hydrogens is 404 g/mol. The molecule has 3 heterocycles. The first kappa shape index (κ1) is 21.5. The molecule has 1 atom stereocenters. The second kappa shape index (κ2) is 8.45. The lowest BCUT2D eigenvalue weighted by Gasteiger charge is -2.16. The molecule has 4 rings (SSSR count). The van der Waals surface area contributed by atoms with Crippen LogP contribution in [0.25, 0.3) is 22.3 Å². The molecule has 0 aliphatic heterocycles. The van der Waals surface area contributed by atoms with Gasteiger partial charge in [-0.2, -0.15) is 10.2 Å². The highest BCUT2D eigenvalue weighted by Gasteiger charge is 2.21. The molecule has 166 valence electrons. The number of aryl methyl sites for hydroxylation is 4. The number of amides is 1. The normalized spacial score (nSPS) is 12.2. The van der Waals surface area contributed by atoms with Gasteiger partial charge in [-0.15, -0.1) is 0 Å². The molecule has 8 nitrogen and oxygen atoms in total. The molecule has 1 N–H and O–H groups in total. The maximum absolute atomic E-state index is 13.4. The van der Waals surface area contributed by atoms with Gasteiger partial charge in [0.2, 0.25) is 0 Å². The number of hydrogen-bond acceptors (Lipinski definition) is 5. The van der Waals surface area contributed by atoms with Crippen molar-refractivity contribution in [2.24, 2.45) is 7.05 Å². The number of aromatic nitrogens is 5. The van der Waals surface area contributed by atoms with Crippen LogP contribution < -0.4 is 10.1 Å². The van der Waals surface area contributed by atoms with Crippen molar-refractivity contribution in [3.63, 3.8) is 0 Å². The number of carbonyl (C=O) groups is 1. The standard InChI is InChI=1S/C24H28N6O2/c1-14-11-16(3)30(27-14)13-15(2)25-24(31)20-12-21(18-7-9-19(32-6)10-8-18)26-23-22(20)17(4)28-29(23)5/h7-12,15H,13H2,1-6H3,(H,25,31)/t15-/m0/s1. The molecule has 3 aromatic heterocycles. The van der Waals surface area contributed by atoms with Crippen LogP contribution in [0.5, 0.6) is 5.75 Å². The van der Waals surface area contributed by atoms with Crippen LogP contribution in [-0.2, 0) is 13.6 Å². The third kappa shape index (κ3) is 4.08. The number of nitrogens with one attached hydrogen (secondary N) is 1. The molecule has 32 heavy (non-hydrogen) atoms. The van der Waals surface area contributed by atoms with Gasteiger partial charge in [-0.3, -0.25) is 14.2 Å². The molecule has 0 saturated carbocycles. The summed E-state index contributed by atoms with van der Waals surface area (Å²) in [7, 11) is 3.47. The van der Waals surface area contributed by atoms with Crippen molar-refractivity contribution in [1.82, 2.24) is 29.9 Å². The number of nitrogens with zero attached hydrogens (tertiary/aromatic N) is 5. The van der Waals surface area contributed by atoms with Crippen LogP contribution in [0.4, 0.5) is 0 Å². The smallest absolute Gasteiger partial charge is 0.252 e. The second-order valence-corrected chi connectivity index (χ2v) is 8.17. The maximum atomic E-state index is 13.4. The average molecular weight is 433 g/mol. The number of pyridine rings is 1. The monoisotopic (exact) mass is 432 g/mol. The Morgan fingerprint density at radius 2 is 1.84 bits per heavy atom. The Morgan fingerprint density at radius 3 is 2.47 bits per heavy atom. The van der Waals surface area contributed by atoms with E-state index in [-0.39, 0.29) is 11.9 Å². The highest BCUT2D eigenvalue weighted by molar-refractivity contribution is 6.07. The van der Waals surface area contributed by atoms with Crippen LogP contribution in [0.3, 0.4) is 0 Å². The van der Waals surface area contributed by atoms with Gasteiger partial charge in [0.1, 0.15) is 5.75 Å². The summed E-state index contributed by atoms with van der Waals surface area (Å²) in [6.07, 6.45) is 0. The molecule has 1 amide bonds. The SMILES string of the molecule is COc1ccc(-c2cc(C(=O)N[C@@H](C)Cn3nc(C)cc3C)c3c(C)nn(C)c3n2)cc1. The number of methoxy groups -OCH3 is 1. The van der Waals surface area contributed by atoms with Gasteiger partial charge >= 0.3 is 0 Å². The highest BCUT2D eigenvalue weighted by atomic mass is 16.5. The molecule has 0 bridgehead atoms. The zero-order valence-corrected chi connectivity index (χ0v) is 19.3. The number of hydrogen-bond donors (Lipinski definition) is 1. The summed E-state index contributed by atoms with van der Waals surface area (Å²) in [4.78, 5) is 18.2. The Balaban J connectivity index is 1.69. The quantitative estimate of drug-likeness (QED) is 0.503. The fourth-order valence-corrected chi connectivity index (χ4v) is 4.00. The minimum Gasteiger partial charge on any atom is -0.497 e. The fourth-order valence-electron chi connectivity index (χ4n) is 4.00. The summed E-state index contributed by atoms with van der Waals surface area (Å²) in [6.45, 7) is 8.45. The molecule has 1 aromatic carbocycles. The van der Waals surface area contributed by atoms with Crippen molar-refractivity contribution in [2.45, 2.75) is 40.3 Å². The summed E-state index contributed by atoms with van der Waals surface area (Å²) in [5.41, 5.74) is 5.65. The first-order valence-electron chi connectivity index (χ1n) is 10.6. The van der Waals surface area contributed by atoms with E-state index in [1.807, 2.05) is 75.8 Å². The van der Waals surface area contributed by atoms with Crippen LogP contribution in [0.2, 0.25) is 0 Å². The molecule has 0 saturated heterocycles. The Labute approximate surface area is 187 Å². The van der Waals surface area contributed by atoms with Crippen molar-refractivity contribution >= 4 is 16.9 Å². The van der Waals surface area contributed by atoms with E-state index in [0.29, 0.717) is 23.4 Å². The second-order valence-electron chi connectivity index (χ2n) is 8.17. The van der Waals surface area contributed by atoms with E-state index in [9.17, 15) is 4.79 Å². The van der Waals surface area contributed by atoms with Gasteiger partial charge < -0.3 is 10.1 Å². The lowest BCUT2D eigenvalue weighted by molar-refractivity contribution is 0.0937. The molecule has 0 aliphatic carbocycles. The third-order valence-electron chi connectivity index (χ3n) is 5.53. The van der Waals surface area contributed by atoms with Crippen LogP contribution in [-0.4, -0.2) is 43.6 Å². The number of rotatable bonds is 6. The summed E-state index contributed by atoms with van der Waals surface area (Å²) in [5, 5.41) is 12.9. The minimum atomic E-state index is -0.155. The Hall–Kier alpha value is -3.68. The maximum Gasteiger partial charge on any atom is 0.252 e. The van der Waals surface area contributed by atoms with Gasteiger partial charge in [0.05, 0.1) is 41.7 Å². The molecule has 0 radical (unpaired) electrons. The van der Waals surface area contributed by atoms with Crippen molar-refractivity contribution in [1.29, 1.82) is 0 Å². The lowest BCUT2D eigenvalue weighted by Crippen LogP contribution is -2.36. The summed E-state index contributed by atoms with van der Waals surface area (Å²) < 4.78 is 8.89. The molecule has 0 aliphatic rings. The van der Waals surface area contributed by atoms with Gasteiger partial charge in [-0.25, -0.2) is 4.98 Å². The Kier molecular flexibility index (Phi) is 5.69. The predicted molar refractivity (Wildman–Crippen MR) is 124 cm³/mol. The van der Waals surface area contributed by atoms with E-state index in [0.717, 1.165) is 33.8 Å². The van der Waals surface area contributed by atoms with Crippen LogP contribution >= 0.6 is 0 Å². The molecule has 0 fully saturated rings. The van der Waals surface area contributed by atoms with Crippen LogP contribution in [0, 0.1) is 20.8 Å². The number of benzene rings is 1. The number of ether oxygens (including phenoxy) is 1. The van der Waals surface area contributed by atoms with Gasteiger partial charge in [0, 0.05) is 24.3 Å². The van der Waals surface area contributed by atoms with Gasteiger partial charge in [0.25, 0.3) is 5.91 Å². The minimum absolute atomic E-state index is 0.106. The highest BCUT2D eigenvalue weighted by Crippen LogP contribution is 2.28. The topological polar surface area (TPSA) is 86.9 Å². The van der Waals surface area contributed by atoms with Gasteiger partial charge in [-0.1, -0.05) is 0 Å². The van der Waals surface area contributed by atoms with E-state index in [2.05, 4.69) is 15.5 Å². The molecule has 4 aromatic rings. The average Bonchev–Trinajstić information content (AvgIpc) is 3.23. The van der Waals surface area contributed by atoms with Gasteiger partial charge in [-0.05, 0) is 64.1 Å². The Morgan fingerprint density at radius 1 is 1.12 bits per heavy atom. The van der Waals surface area contributed by atoms with E-state index < -0.39 is 0 Å². The summed E-state index contributed by atoms with van der Waals surface area (Å²) in [5.74, 6) is 0.611. The molecular formula is C24H28N6O2. The van der Waals surface area contributed by atoms with Crippen molar-refractivity contribution in [3.05, 3.63) is 59.0 Å². The summed E-state index contributed by atoms with van der Waals surface area (Å²) >= 11 is 0. The molecule has 0 spiro atoms. The van der Waals surface area contributed by atoms with E-state index in [4.69, 9.17) is 9.72 Å². The predicted octanol–water partition coefficient (Wildman–Crippen LogP) is 3.58. The van der Waals surface area contributed by atoms with Gasteiger partial charge in [0.15, 0.2) is 5.65 Å². The first-order valence-corrected chi connectivity index (χ1v) is 10.6. The molecule has 8 heteroatoms. The molecule has 0 unspecified atom stereocenters. The fraction of sp³-hybridized carbons (Fsp3) is 0.333. The zero-order valence-electron chi connectivity index (χ0n) is 19.3. The largest absolute Gasteiger partial charge is 0.497 e. The van der Waals surface area contributed by atoms with Crippen LogP contribution in [0.15, 0.2) is 36.4 Å². The Bertz CT molecular complexity index is 1290. The van der Waals surface area contributed by atoms with Crippen molar-refractivity contribution < 1.29 is 9.53 Å².